The second-order valence-electron chi connectivity index (χ2n) is 6.14. The summed E-state index contributed by atoms with van der Waals surface area (Å²) in [5.41, 5.74) is 0.981. The quantitative estimate of drug-likeness (QED) is 0.708. The van der Waals surface area contributed by atoms with Gasteiger partial charge in [-0.2, -0.15) is 4.31 Å². The summed E-state index contributed by atoms with van der Waals surface area (Å²) in [5.74, 6) is -0.587. The molecule has 1 aliphatic heterocycles. The van der Waals surface area contributed by atoms with Crippen molar-refractivity contribution in [3.63, 3.8) is 0 Å². The normalized spacial score (nSPS) is 16.7. The standard InChI is InChI=1S/C19H20ClNO5S/c1-14(15-5-7-17(20)8-6-15)26-19(22)16-3-2-4-18(13-16)27(23,24)21-9-11-25-12-10-21/h2-8,13-14H,9-12H2,1H3/t14-/m0/s1. The number of rotatable bonds is 5. The zero-order valence-electron chi connectivity index (χ0n) is 14.8. The number of esters is 1. The van der Waals surface area contributed by atoms with E-state index in [9.17, 15) is 13.2 Å². The van der Waals surface area contributed by atoms with E-state index >= 15 is 0 Å². The van der Waals surface area contributed by atoms with Crippen LogP contribution in [-0.2, 0) is 19.5 Å². The molecule has 1 saturated heterocycles. The summed E-state index contributed by atoms with van der Waals surface area (Å²) in [5, 5.41) is 0.596. The van der Waals surface area contributed by atoms with Crippen LogP contribution in [0.5, 0.6) is 0 Å². The predicted molar refractivity (Wildman–Crippen MR) is 101 cm³/mol. The molecular weight excluding hydrogens is 390 g/mol. The Kier molecular flexibility index (Phi) is 6.16. The molecule has 0 saturated carbocycles. The summed E-state index contributed by atoms with van der Waals surface area (Å²) in [6.07, 6.45) is -0.491. The van der Waals surface area contributed by atoms with E-state index in [1.807, 2.05) is 0 Å². The zero-order chi connectivity index (χ0) is 19.4. The predicted octanol–water partition coefficient (Wildman–Crippen LogP) is 3.28. The van der Waals surface area contributed by atoms with E-state index in [0.717, 1.165) is 5.56 Å². The number of hydrogen-bond donors (Lipinski definition) is 0. The lowest BCUT2D eigenvalue weighted by Gasteiger charge is -2.26. The van der Waals surface area contributed by atoms with Gasteiger partial charge in [-0.1, -0.05) is 29.8 Å². The molecule has 27 heavy (non-hydrogen) atoms. The number of nitrogens with zero attached hydrogens (tertiary/aromatic N) is 1. The van der Waals surface area contributed by atoms with Crippen molar-refractivity contribution < 1.29 is 22.7 Å². The first-order chi connectivity index (χ1) is 12.9. The molecule has 1 aliphatic rings. The highest BCUT2D eigenvalue weighted by molar-refractivity contribution is 7.89. The van der Waals surface area contributed by atoms with Crippen LogP contribution in [0.15, 0.2) is 53.4 Å². The molecule has 0 bridgehead atoms. The monoisotopic (exact) mass is 409 g/mol. The second-order valence-corrected chi connectivity index (χ2v) is 8.52. The smallest absolute Gasteiger partial charge is 0.338 e. The third kappa shape index (κ3) is 4.68. The minimum absolute atomic E-state index is 0.0676. The van der Waals surface area contributed by atoms with Crippen LogP contribution in [0, 0.1) is 0 Å². The van der Waals surface area contributed by atoms with E-state index in [1.165, 1.54) is 28.6 Å². The van der Waals surface area contributed by atoms with Crippen molar-refractivity contribution in [1.82, 2.24) is 4.31 Å². The Morgan fingerprint density at radius 3 is 2.48 bits per heavy atom. The Hall–Kier alpha value is -1.93. The van der Waals surface area contributed by atoms with Gasteiger partial charge >= 0.3 is 5.97 Å². The van der Waals surface area contributed by atoms with Crippen molar-refractivity contribution in [2.75, 3.05) is 26.3 Å². The molecule has 0 radical (unpaired) electrons. The zero-order valence-corrected chi connectivity index (χ0v) is 16.4. The van der Waals surface area contributed by atoms with E-state index in [4.69, 9.17) is 21.1 Å². The average molecular weight is 410 g/mol. The van der Waals surface area contributed by atoms with E-state index in [2.05, 4.69) is 0 Å². The van der Waals surface area contributed by atoms with Crippen LogP contribution < -0.4 is 0 Å². The first-order valence-corrected chi connectivity index (χ1v) is 10.3. The lowest BCUT2D eigenvalue weighted by Crippen LogP contribution is -2.40. The minimum atomic E-state index is -3.67. The van der Waals surface area contributed by atoms with Crippen LogP contribution in [0.25, 0.3) is 0 Å². The van der Waals surface area contributed by atoms with Crippen molar-refractivity contribution in [2.45, 2.75) is 17.9 Å². The van der Waals surface area contributed by atoms with Gasteiger partial charge in [0.1, 0.15) is 6.10 Å². The molecule has 0 spiro atoms. The minimum Gasteiger partial charge on any atom is -0.454 e. The summed E-state index contributed by atoms with van der Waals surface area (Å²) in [6.45, 7) is 3.06. The van der Waals surface area contributed by atoms with Crippen molar-refractivity contribution >= 4 is 27.6 Å². The molecule has 1 fully saturated rings. The number of halogens is 1. The van der Waals surface area contributed by atoms with Gasteiger partial charge in [-0.15, -0.1) is 0 Å². The molecule has 1 atom stereocenters. The first kappa shape index (κ1) is 19.8. The summed E-state index contributed by atoms with van der Waals surface area (Å²) in [4.78, 5) is 12.5. The van der Waals surface area contributed by atoms with Crippen molar-refractivity contribution in [2.24, 2.45) is 0 Å². The Labute approximate surface area is 163 Å². The largest absolute Gasteiger partial charge is 0.454 e. The van der Waals surface area contributed by atoms with Crippen molar-refractivity contribution in [3.05, 3.63) is 64.7 Å². The molecule has 0 unspecified atom stereocenters. The van der Waals surface area contributed by atoms with Crippen LogP contribution >= 0.6 is 11.6 Å². The number of hydrogen-bond acceptors (Lipinski definition) is 5. The van der Waals surface area contributed by atoms with Crippen molar-refractivity contribution in [3.8, 4) is 0 Å². The molecule has 2 aromatic carbocycles. The number of carbonyl (C=O) groups excluding carboxylic acids is 1. The van der Waals surface area contributed by atoms with E-state index in [0.29, 0.717) is 31.3 Å². The molecule has 0 amide bonds. The number of sulfonamides is 1. The molecule has 0 aromatic heterocycles. The highest BCUT2D eigenvalue weighted by atomic mass is 35.5. The SMILES string of the molecule is C[C@H](OC(=O)c1cccc(S(=O)(=O)N2CCOCC2)c1)c1ccc(Cl)cc1. The van der Waals surface area contributed by atoms with Crippen LogP contribution in [0.2, 0.25) is 5.02 Å². The molecule has 2 aromatic rings. The summed E-state index contributed by atoms with van der Waals surface area (Å²) >= 11 is 5.87. The van der Waals surface area contributed by atoms with Gasteiger partial charge in [0.15, 0.2) is 0 Å². The van der Waals surface area contributed by atoms with Gasteiger partial charge in [-0.3, -0.25) is 0 Å². The van der Waals surface area contributed by atoms with Gasteiger partial charge in [-0.05, 0) is 42.8 Å². The third-order valence-corrected chi connectivity index (χ3v) is 6.45. The van der Waals surface area contributed by atoms with Crippen LogP contribution in [-0.4, -0.2) is 45.0 Å². The number of carbonyl (C=O) groups is 1. The Balaban J connectivity index is 1.76. The van der Waals surface area contributed by atoms with Gasteiger partial charge in [0.05, 0.1) is 23.7 Å². The highest BCUT2D eigenvalue weighted by Gasteiger charge is 2.27. The summed E-state index contributed by atoms with van der Waals surface area (Å²) in [6, 6.07) is 12.9. The Bertz CT molecular complexity index is 908. The number of benzene rings is 2. The third-order valence-electron chi connectivity index (χ3n) is 4.30. The van der Waals surface area contributed by atoms with E-state index < -0.39 is 22.1 Å². The maximum atomic E-state index is 12.7. The maximum Gasteiger partial charge on any atom is 0.338 e. The average Bonchev–Trinajstić information content (AvgIpc) is 2.69. The number of ether oxygens (including phenoxy) is 2. The molecule has 8 heteroatoms. The molecular formula is C19H20ClNO5S. The summed E-state index contributed by atoms with van der Waals surface area (Å²) in [7, 11) is -3.67. The molecule has 1 heterocycles. The van der Waals surface area contributed by atoms with Gasteiger partial charge < -0.3 is 9.47 Å². The number of morpholine rings is 1. The second kappa shape index (κ2) is 8.39. The molecule has 144 valence electrons. The Morgan fingerprint density at radius 2 is 1.81 bits per heavy atom. The summed E-state index contributed by atoms with van der Waals surface area (Å²) < 4.78 is 37.5. The molecule has 0 N–H and O–H groups in total. The fourth-order valence-electron chi connectivity index (χ4n) is 2.75. The topological polar surface area (TPSA) is 72.9 Å². The van der Waals surface area contributed by atoms with Crippen LogP contribution in [0.3, 0.4) is 0 Å². The van der Waals surface area contributed by atoms with Gasteiger partial charge in [0.2, 0.25) is 10.0 Å². The Morgan fingerprint density at radius 1 is 1.15 bits per heavy atom. The lowest BCUT2D eigenvalue weighted by atomic mass is 10.1. The fourth-order valence-corrected chi connectivity index (χ4v) is 4.33. The van der Waals surface area contributed by atoms with E-state index in [-0.39, 0.29) is 10.5 Å². The fraction of sp³-hybridized carbons (Fsp3) is 0.316. The van der Waals surface area contributed by atoms with E-state index in [1.54, 1.807) is 31.2 Å². The van der Waals surface area contributed by atoms with Crippen LogP contribution in [0.1, 0.15) is 28.9 Å². The van der Waals surface area contributed by atoms with Crippen LogP contribution in [0.4, 0.5) is 0 Å². The molecule has 0 aliphatic carbocycles. The molecule has 3 rings (SSSR count). The van der Waals surface area contributed by atoms with Gasteiger partial charge in [0, 0.05) is 18.1 Å². The van der Waals surface area contributed by atoms with Gasteiger partial charge in [-0.25, -0.2) is 13.2 Å². The lowest BCUT2D eigenvalue weighted by molar-refractivity contribution is 0.0337. The highest BCUT2D eigenvalue weighted by Crippen LogP contribution is 2.23. The molecule has 6 nitrogen and oxygen atoms in total. The maximum absolute atomic E-state index is 12.7. The van der Waals surface area contributed by atoms with Crippen molar-refractivity contribution in [1.29, 1.82) is 0 Å². The van der Waals surface area contributed by atoms with Gasteiger partial charge in [0.25, 0.3) is 0 Å². The first-order valence-electron chi connectivity index (χ1n) is 8.52.